The maximum absolute atomic E-state index is 13.6. The Labute approximate surface area is 216 Å². The van der Waals surface area contributed by atoms with Crippen molar-refractivity contribution in [2.45, 2.75) is 13.0 Å². The van der Waals surface area contributed by atoms with Crippen LogP contribution in [-0.4, -0.2) is 20.4 Å². The Morgan fingerprint density at radius 3 is 2.00 bits per heavy atom. The molecule has 0 aliphatic carbocycles. The first-order valence-electron chi connectivity index (χ1n) is 11.2. The molecule has 0 bridgehead atoms. The highest BCUT2D eigenvalue weighted by Crippen LogP contribution is 2.27. The number of hydrogen-bond acceptors (Lipinski definition) is 3. The van der Waals surface area contributed by atoms with Crippen LogP contribution in [0.1, 0.15) is 28.9 Å². The van der Waals surface area contributed by atoms with Crippen molar-refractivity contribution in [1.29, 1.82) is 0 Å². The average Bonchev–Trinajstić information content (AvgIpc) is 3.14. The van der Waals surface area contributed by atoms with Crippen molar-refractivity contribution in [2.75, 3.05) is 0 Å². The van der Waals surface area contributed by atoms with E-state index in [1.807, 2.05) is 49.4 Å². The largest absolute Gasteiger partial charge is 0.493 e. The van der Waals surface area contributed by atoms with Gasteiger partial charge in [-0.05, 0) is 71.8 Å². The molecule has 6 nitrogen and oxygen atoms in total. The lowest BCUT2D eigenvalue weighted by Gasteiger charge is -2.16. The van der Waals surface area contributed by atoms with Gasteiger partial charge in [0.2, 0.25) is 5.88 Å². The molecule has 1 aromatic heterocycles. The van der Waals surface area contributed by atoms with Crippen LogP contribution in [0.4, 0.5) is 0 Å². The van der Waals surface area contributed by atoms with E-state index >= 15 is 0 Å². The first-order chi connectivity index (χ1) is 17.3. The summed E-state index contributed by atoms with van der Waals surface area (Å²) in [6.45, 7) is 1.84. The molecule has 0 saturated carbocycles. The van der Waals surface area contributed by atoms with Crippen molar-refractivity contribution >= 4 is 39.9 Å². The number of carbonyl (C=O) groups is 1. The summed E-state index contributed by atoms with van der Waals surface area (Å²) < 4.78 is 2.51. The number of aromatic nitrogens is 2. The quantitative estimate of drug-likeness (QED) is 0.287. The fourth-order valence-electron chi connectivity index (χ4n) is 4.30. The van der Waals surface area contributed by atoms with Gasteiger partial charge < -0.3 is 10.4 Å². The number of benzene rings is 4. The summed E-state index contributed by atoms with van der Waals surface area (Å²) in [4.78, 5) is 27.0. The van der Waals surface area contributed by atoms with E-state index in [0.717, 1.165) is 16.3 Å². The average molecular weight is 518 g/mol. The molecule has 2 N–H and O–H groups in total. The lowest BCUT2D eigenvalue weighted by atomic mass is 9.99. The zero-order chi connectivity index (χ0) is 25.4. The van der Waals surface area contributed by atoms with Gasteiger partial charge in [-0.15, -0.1) is 0 Å². The Hall–Kier alpha value is -4.00. The number of carbonyl (C=O) groups excluding carboxylic acids is 1. The molecule has 0 aliphatic rings. The number of hydrogen-bond donors (Lipinski definition) is 2. The van der Waals surface area contributed by atoms with Crippen molar-refractivity contribution in [3.63, 3.8) is 0 Å². The molecule has 0 saturated heterocycles. The summed E-state index contributed by atoms with van der Waals surface area (Å²) >= 11 is 12.1. The Morgan fingerprint density at radius 2 is 1.36 bits per heavy atom. The molecule has 1 atom stereocenters. The van der Waals surface area contributed by atoms with Gasteiger partial charge in [-0.2, -0.15) is 0 Å². The molecule has 4 aromatic carbocycles. The van der Waals surface area contributed by atoms with E-state index in [0.29, 0.717) is 21.4 Å². The predicted octanol–water partition coefficient (Wildman–Crippen LogP) is 6.28. The highest BCUT2D eigenvalue weighted by Gasteiger charge is 2.28. The molecule has 1 unspecified atom stereocenters. The van der Waals surface area contributed by atoms with Gasteiger partial charge in [0.1, 0.15) is 0 Å². The monoisotopic (exact) mass is 517 g/mol. The third kappa shape index (κ3) is 4.26. The number of rotatable bonds is 5. The number of halogens is 2. The van der Waals surface area contributed by atoms with E-state index < -0.39 is 23.4 Å². The van der Waals surface area contributed by atoms with Gasteiger partial charge in [-0.25, -0.2) is 9.36 Å². The van der Waals surface area contributed by atoms with E-state index in [1.54, 1.807) is 48.5 Å². The number of nitrogens with zero attached hydrogens (tertiary/aromatic N) is 2. The Kier molecular flexibility index (Phi) is 6.31. The topological polar surface area (TPSA) is 76.3 Å². The lowest BCUT2D eigenvalue weighted by Crippen LogP contribution is -2.31. The second-order valence-electron chi connectivity index (χ2n) is 8.34. The lowest BCUT2D eigenvalue weighted by molar-refractivity contribution is 0.0936. The second kappa shape index (κ2) is 9.57. The molecule has 1 heterocycles. The summed E-state index contributed by atoms with van der Waals surface area (Å²) in [6, 6.07) is 26.4. The molecular formula is C28H21Cl2N3O3. The minimum absolute atomic E-state index is 0.369. The Morgan fingerprint density at radius 1 is 0.806 bits per heavy atom. The van der Waals surface area contributed by atoms with Crippen molar-refractivity contribution in [3.05, 3.63) is 123 Å². The molecule has 5 rings (SSSR count). The van der Waals surface area contributed by atoms with E-state index in [1.165, 1.54) is 9.36 Å². The molecule has 0 spiro atoms. The van der Waals surface area contributed by atoms with Gasteiger partial charge in [-0.1, -0.05) is 65.7 Å². The molecule has 36 heavy (non-hydrogen) atoms. The number of fused-ring (bicyclic) bond motifs is 1. The van der Waals surface area contributed by atoms with Crippen LogP contribution >= 0.6 is 23.2 Å². The molecule has 8 heteroatoms. The maximum atomic E-state index is 13.6. The molecule has 0 fully saturated rings. The summed E-state index contributed by atoms with van der Waals surface area (Å²) in [6.07, 6.45) is 0. The van der Waals surface area contributed by atoms with Crippen molar-refractivity contribution < 1.29 is 9.90 Å². The van der Waals surface area contributed by atoms with E-state index in [-0.39, 0.29) is 5.56 Å². The van der Waals surface area contributed by atoms with E-state index in [2.05, 4.69) is 5.32 Å². The third-order valence-electron chi connectivity index (χ3n) is 6.04. The fourth-order valence-corrected chi connectivity index (χ4v) is 4.55. The van der Waals surface area contributed by atoms with Crippen LogP contribution in [0.3, 0.4) is 0 Å². The SMILES string of the molecule is CC(NC(=O)c1c(O)n(-c2ccc(Cl)cc2)n(-c2ccc(Cl)cc2)c1=O)c1cccc2ccccc12. The van der Waals surface area contributed by atoms with Gasteiger partial charge in [0.25, 0.3) is 11.5 Å². The smallest absolute Gasteiger partial charge is 0.288 e. The third-order valence-corrected chi connectivity index (χ3v) is 6.54. The Bertz CT molecular complexity index is 1630. The Balaban J connectivity index is 1.60. The van der Waals surface area contributed by atoms with Crippen LogP contribution in [0.5, 0.6) is 5.88 Å². The van der Waals surface area contributed by atoms with Crippen molar-refractivity contribution in [2.24, 2.45) is 0 Å². The molecule has 180 valence electrons. The number of nitrogens with one attached hydrogen (secondary N) is 1. The van der Waals surface area contributed by atoms with Crippen LogP contribution in [-0.2, 0) is 0 Å². The zero-order valence-corrected chi connectivity index (χ0v) is 20.7. The zero-order valence-electron chi connectivity index (χ0n) is 19.2. The van der Waals surface area contributed by atoms with E-state index in [4.69, 9.17) is 23.2 Å². The first-order valence-corrected chi connectivity index (χ1v) is 12.0. The molecular weight excluding hydrogens is 497 g/mol. The van der Waals surface area contributed by atoms with Crippen LogP contribution in [0.25, 0.3) is 22.1 Å². The standard InChI is InChI=1S/C28H21Cl2N3O3/c1-17(23-8-4-6-18-5-2-3-7-24(18)23)31-26(34)25-27(35)32(21-13-9-19(29)10-14-21)33(28(25)36)22-15-11-20(30)12-16-22/h2-17,35H,1H3,(H,31,34). The van der Waals surface area contributed by atoms with Crippen molar-refractivity contribution in [3.8, 4) is 17.3 Å². The van der Waals surface area contributed by atoms with Crippen LogP contribution in [0.2, 0.25) is 10.0 Å². The number of aromatic hydroxyl groups is 1. The minimum atomic E-state index is -0.687. The van der Waals surface area contributed by atoms with Crippen LogP contribution in [0, 0.1) is 0 Å². The maximum Gasteiger partial charge on any atom is 0.288 e. The predicted molar refractivity (Wildman–Crippen MR) is 143 cm³/mol. The highest BCUT2D eigenvalue weighted by molar-refractivity contribution is 6.30. The normalized spacial score (nSPS) is 12.0. The summed E-state index contributed by atoms with van der Waals surface area (Å²) in [5.41, 5.74) is 0.733. The molecule has 0 radical (unpaired) electrons. The van der Waals surface area contributed by atoms with Crippen LogP contribution < -0.4 is 10.9 Å². The van der Waals surface area contributed by atoms with Gasteiger partial charge in [0.05, 0.1) is 17.4 Å². The molecule has 5 aromatic rings. The molecule has 1 amide bonds. The van der Waals surface area contributed by atoms with Gasteiger partial charge >= 0.3 is 0 Å². The summed E-state index contributed by atoms with van der Waals surface area (Å²) in [5.74, 6) is -1.17. The number of amides is 1. The van der Waals surface area contributed by atoms with E-state index in [9.17, 15) is 14.7 Å². The highest BCUT2D eigenvalue weighted by atomic mass is 35.5. The van der Waals surface area contributed by atoms with Crippen molar-refractivity contribution in [1.82, 2.24) is 14.7 Å². The van der Waals surface area contributed by atoms with Gasteiger partial charge in [0, 0.05) is 10.0 Å². The van der Waals surface area contributed by atoms with Gasteiger partial charge in [-0.3, -0.25) is 9.59 Å². The van der Waals surface area contributed by atoms with Crippen LogP contribution in [0.15, 0.2) is 95.8 Å². The summed E-state index contributed by atoms with van der Waals surface area (Å²) in [5, 5.41) is 17.1. The minimum Gasteiger partial charge on any atom is -0.493 e. The molecule has 0 aliphatic heterocycles. The second-order valence-corrected chi connectivity index (χ2v) is 9.22. The summed E-state index contributed by atoms with van der Waals surface area (Å²) in [7, 11) is 0. The fraction of sp³-hybridized carbons (Fsp3) is 0.0714. The first kappa shape index (κ1) is 23.7. The van der Waals surface area contributed by atoms with Gasteiger partial charge in [0.15, 0.2) is 5.56 Å².